The lowest BCUT2D eigenvalue weighted by molar-refractivity contribution is 0.460. The molecule has 0 radical (unpaired) electrons. The lowest BCUT2D eigenvalue weighted by Crippen LogP contribution is -2.41. The van der Waals surface area contributed by atoms with E-state index in [1.165, 1.54) is 12.0 Å². The summed E-state index contributed by atoms with van der Waals surface area (Å²) in [6.45, 7) is 2.76. The van der Waals surface area contributed by atoms with Crippen molar-refractivity contribution in [2.24, 2.45) is 16.0 Å². The van der Waals surface area contributed by atoms with Crippen molar-refractivity contribution in [1.29, 1.82) is 0 Å². The molecule has 0 bridgehead atoms. The van der Waals surface area contributed by atoms with Gasteiger partial charge in [0.15, 0.2) is 5.96 Å². The Hall–Kier alpha value is -2.38. The van der Waals surface area contributed by atoms with E-state index in [0.29, 0.717) is 5.92 Å². The van der Waals surface area contributed by atoms with Crippen molar-refractivity contribution in [1.82, 2.24) is 10.2 Å². The zero-order valence-electron chi connectivity index (χ0n) is 16.2. The number of likely N-dealkylation sites (tertiary alicyclic amines) is 1. The summed E-state index contributed by atoms with van der Waals surface area (Å²) in [6, 6.07) is 17.3. The monoisotopic (exact) mass is 400 g/mol. The van der Waals surface area contributed by atoms with Gasteiger partial charge in [0.25, 0.3) is 0 Å². The Kier molecular flexibility index (Phi) is 6.70. The SMILES string of the molecule is CN=C(NCCc1ccc(S(N)(=O)=O)cc1)N1CCC(Cc2ccccc2)C1. The molecule has 1 aliphatic heterocycles. The summed E-state index contributed by atoms with van der Waals surface area (Å²) in [7, 11) is -1.82. The van der Waals surface area contributed by atoms with E-state index in [-0.39, 0.29) is 4.90 Å². The van der Waals surface area contributed by atoms with Crippen molar-refractivity contribution in [3.05, 3.63) is 65.7 Å². The van der Waals surface area contributed by atoms with E-state index in [1.807, 2.05) is 7.05 Å². The van der Waals surface area contributed by atoms with E-state index in [2.05, 4.69) is 45.5 Å². The summed E-state index contributed by atoms with van der Waals surface area (Å²) in [5.41, 5.74) is 2.44. The van der Waals surface area contributed by atoms with Gasteiger partial charge in [-0.1, -0.05) is 42.5 Å². The first-order chi connectivity index (χ1) is 13.5. The number of nitrogens with two attached hydrogens (primary N) is 1. The topological polar surface area (TPSA) is 87.8 Å². The van der Waals surface area contributed by atoms with Gasteiger partial charge in [0.2, 0.25) is 10.0 Å². The molecule has 3 N–H and O–H groups in total. The highest BCUT2D eigenvalue weighted by Crippen LogP contribution is 2.20. The Morgan fingerprint density at radius 2 is 1.86 bits per heavy atom. The minimum absolute atomic E-state index is 0.140. The second-order valence-electron chi connectivity index (χ2n) is 7.20. The number of nitrogens with zero attached hydrogens (tertiary/aromatic N) is 2. The first-order valence-corrected chi connectivity index (χ1v) is 11.1. The van der Waals surface area contributed by atoms with Crippen molar-refractivity contribution in [2.75, 3.05) is 26.7 Å². The third kappa shape index (κ3) is 5.56. The molecule has 1 heterocycles. The molecule has 1 unspecified atom stereocenters. The normalized spacial score (nSPS) is 17.7. The molecule has 7 heteroatoms. The summed E-state index contributed by atoms with van der Waals surface area (Å²) in [4.78, 5) is 6.88. The Labute approximate surface area is 167 Å². The van der Waals surface area contributed by atoms with Gasteiger partial charge in [0.05, 0.1) is 4.90 Å². The number of hydrogen-bond acceptors (Lipinski definition) is 3. The van der Waals surface area contributed by atoms with E-state index in [4.69, 9.17) is 5.14 Å². The predicted molar refractivity (Wildman–Crippen MR) is 113 cm³/mol. The lowest BCUT2D eigenvalue weighted by atomic mass is 9.99. The fourth-order valence-corrected chi connectivity index (χ4v) is 4.15. The van der Waals surface area contributed by atoms with Crippen molar-refractivity contribution in [3.8, 4) is 0 Å². The van der Waals surface area contributed by atoms with Gasteiger partial charge in [-0.3, -0.25) is 4.99 Å². The van der Waals surface area contributed by atoms with Crippen molar-refractivity contribution >= 4 is 16.0 Å². The van der Waals surface area contributed by atoms with Crippen LogP contribution in [0.3, 0.4) is 0 Å². The number of guanidine groups is 1. The maximum atomic E-state index is 11.3. The van der Waals surface area contributed by atoms with Crippen LogP contribution in [-0.2, 0) is 22.9 Å². The van der Waals surface area contributed by atoms with Crippen LogP contribution in [0, 0.1) is 5.92 Å². The van der Waals surface area contributed by atoms with E-state index < -0.39 is 10.0 Å². The van der Waals surface area contributed by atoms with Crippen LogP contribution in [0.2, 0.25) is 0 Å². The predicted octanol–water partition coefficient (Wildman–Crippen LogP) is 2.02. The highest BCUT2D eigenvalue weighted by Gasteiger charge is 2.24. The summed E-state index contributed by atoms with van der Waals surface area (Å²) < 4.78 is 22.6. The minimum Gasteiger partial charge on any atom is -0.356 e. The number of primary sulfonamides is 1. The van der Waals surface area contributed by atoms with E-state index in [0.717, 1.165) is 44.0 Å². The smallest absolute Gasteiger partial charge is 0.238 e. The fourth-order valence-electron chi connectivity index (χ4n) is 3.64. The number of benzene rings is 2. The standard InChI is InChI=1S/C21H28N4O2S/c1-23-21(24-13-11-17-7-9-20(10-8-17)28(22,26)27)25-14-12-19(16-25)15-18-5-3-2-4-6-18/h2-10,19H,11-16H2,1H3,(H,23,24)(H2,22,26,27). The molecule has 0 amide bonds. The van der Waals surface area contributed by atoms with Crippen LogP contribution in [0.4, 0.5) is 0 Å². The van der Waals surface area contributed by atoms with Crippen LogP contribution < -0.4 is 10.5 Å². The van der Waals surface area contributed by atoms with E-state index in [1.54, 1.807) is 24.3 Å². The third-order valence-electron chi connectivity index (χ3n) is 5.11. The van der Waals surface area contributed by atoms with Crippen LogP contribution >= 0.6 is 0 Å². The molecule has 1 aliphatic rings. The molecule has 2 aromatic carbocycles. The van der Waals surface area contributed by atoms with Gasteiger partial charge < -0.3 is 10.2 Å². The number of aliphatic imine (C=N–C) groups is 1. The van der Waals surface area contributed by atoms with Crippen molar-refractivity contribution in [2.45, 2.75) is 24.2 Å². The Balaban J connectivity index is 1.47. The first kappa shape index (κ1) is 20.4. The van der Waals surface area contributed by atoms with Crippen molar-refractivity contribution < 1.29 is 8.42 Å². The van der Waals surface area contributed by atoms with E-state index in [9.17, 15) is 8.42 Å². The molecule has 0 spiro atoms. The molecule has 6 nitrogen and oxygen atoms in total. The van der Waals surface area contributed by atoms with Crippen LogP contribution in [0.15, 0.2) is 64.5 Å². The molecule has 0 saturated carbocycles. The maximum absolute atomic E-state index is 11.3. The van der Waals surface area contributed by atoms with Gasteiger partial charge in [0.1, 0.15) is 0 Å². The Morgan fingerprint density at radius 3 is 2.50 bits per heavy atom. The van der Waals surface area contributed by atoms with Crippen LogP contribution in [0.1, 0.15) is 17.5 Å². The zero-order valence-corrected chi connectivity index (χ0v) is 17.0. The lowest BCUT2D eigenvalue weighted by Gasteiger charge is -2.22. The molecular weight excluding hydrogens is 372 g/mol. The van der Waals surface area contributed by atoms with Gasteiger partial charge in [-0.05, 0) is 48.4 Å². The Morgan fingerprint density at radius 1 is 1.14 bits per heavy atom. The number of hydrogen-bond donors (Lipinski definition) is 2. The van der Waals surface area contributed by atoms with Crippen LogP contribution in [0.5, 0.6) is 0 Å². The summed E-state index contributed by atoms with van der Waals surface area (Å²) in [5, 5.41) is 8.56. The first-order valence-electron chi connectivity index (χ1n) is 9.57. The van der Waals surface area contributed by atoms with Crippen LogP contribution in [0.25, 0.3) is 0 Å². The second kappa shape index (κ2) is 9.21. The summed E-state index contributed by atoms with van der Waals surface area (Å²) in [5.74, 6) is 1.57. The average molecular weight is 401 g/mol. The molecule has 1 atom stereocenters. The van der Waals surface area contributed by atoms with Crippen LogP contribution in [-0.4, -0.2) is 46.0 Å². The molecule has 2 aromatic rings. The molecule has 1 saturated heterocycles. The molecule has 3 rings (SSSR count). The molecule has 0 aromatic heterocycles. The quantitative estimate of drug-likeness (QED) is 0.574. The number of sulfonamides is 1. The van der Waals surface area contributed by atoms with Crippen molar-refractivity contribution in [3.63, 3.8) is 0 Å². The summed E-state index contributed by atoms with van der Waals surface area (Å²) in [6.07, 6.45) is 3.06. The van der Waals surface area contributed by atoms with Gasteiger partial charge in [0, 0.05) is 26.7 Å². The number of rotatable bonds is 6. The molecule has 150 valence electrons. The minimum atomic E-state index is -3.64. The molecule has 0 aliphatic carbocycles. The third-order valence-corrected chi connectivity index (χ3v) is 6.04. The maximum Gasteiger partial charge on any atom is 0.238 e. The molecule has 1 fully saturated rings. The molecular formula is C21H28N4O2S. The van der Waals surface area contributed by atoms with Gasteiger partial charge >= 0.3 is 0 Å². The number of nitrogens with one attached hydrogen (secondary N) is 1. The van der Waals surface area contributed by atoms with Gasteiger partial charge in [-0.2, -0.15) is 0 Å². The highest BCUT2D eigenvalue weighted by molar-refractivity contribution is 7.89. The largest absolute Gasteiger partial charge is 0.356 e. The van der Waals surface area contributed by atoms with Gasteiger partial charge in [-0.25, -0.2) is 13.6 Å². The second-order valence-corrected chi connectivity index (χ2v) is 8.76. The highest BCUT2D eigenvalue weighted by atomic mass is 32.2. The summed E-state index contributed by atoms with van der Waals surface area (Å²) >= 11 is 0. The van der Waals surface area contributed by atoms with E-state index >= 15 is 0 Å². The Bertz CT molecular complexity index is 896. The average Bonchev–Trinajstić information content (AvgIpc) is 3.14. The fraction of sp³-hybridized carbons (Fsp3) is 0.381. The molecule has 28 heavy (non-hydrogen) atoms. The van der Waals surface area contributed by atoms with Gasteiger partial charge in [-0.15, -0.1) is 0 Å². The zero-order chi connectivity index (χ0) is 20.0.